The Morgan fingerprint density at radius 1 is 1.57 bits per heavy atom. The molecule has 0 N–H and O–H groups in total. The van der Waals surface area contributed by atoms with Crippen molar-refractivity contribution in [3.05, 3.63) is 0 Å². The summed E-state index contributed by atoms with van der Waals surface area (Å²) in [5.74, 6) is 2.06. The average molecular weight is 213 g/mol. The van der Waals surface area contributed by atoms with Gasteiger partial charge in [-0.05, 0) is 42.8 Å². The van der Waals surface area contributed by atoms with Crippen LogP contribution >= 0.6 is 12.6 Å². The van der Waals surface area contributed by atoms with Crippen LogP contribution < -0.4 is 0 Å². The van der Waals surface area contributed by atoms with Gasteiger partial charge in [-0.25, -0.2) is 0 Å². The number of carbonyl (C=O) groups excluding carboxylic acids is 1. The maximum absolute atomic E-state index is 11.2. The van der Waals surface area contributed by atoms with Crippen molar-refractivity contribution in [1.29, 1.82) is 0 Å². The van der Waals surface area contributed by atoms with Gasteiger partial charge in [-0.2, -0.15) is 12.6 Å². The first-order chi connectivity index (χ1) is 6.65. The smallest absolute Gasteiger partial charge is 0.219 e. The molecule has 2 aliphatic rings. The number of hydrogen-bond donors (Lipinski definition) is 1. The van der Waals surface area contributed by atoms with E-state index in [0.717, 1.165) is 24.8 Å². The van der Waals surface area contributed by atoms with E-state index in [-0.39, 0.29) is 5.91 Å². The lowest BCUT2D eigenvalue weighted by atomic mass is 9.85. The fourth-order valence-electron chi connectivity index (χ4n) is 3.06. The van der Waals surface area contributed by atoms with Crippen molar-refractivity contribution in [2.75, 3.05) is 18.8 Å². The first-order valence-electron chi connectivity index (χ1n) is 5.52. The molecule has 1 heterocycles. The van der Waals surface area contributed by atoms with Crippen LogP contribution in [0.4, 0.5) is 0 Å². The van der Waals surface area contributed by atoms with Gasteiger partial charge in [0.15, 0.2) is 0 Å². The third-order valence-electron chi connectivity index (χ3n) is 3.95. The molecule has 1 amide bonds. The standard InChI is InChI=1S/C11H19NOS/c1-9(13)12-5-4-11(8-12)3-2-10(6-11)7-14/h10,14H,2-8H2,1H3/t10-,11+/m0/s1. The molecule has 0 radical (unpaired) electrons. The van der Waals surface area contributed by atoms with Crippen LogP contribution in [-0.2, 0) is 4.79 Å². The summed E-state index contributed by atoms with van der Waals surface area (Å²) in [6.07, 6.45) is 5.13. The summed E-state index contributed by atoms with van der Waals surface area (Å²) in [6, 6.07) is 0. The first-order valence-corrected chi connectivity index (χ1v) is 6.15. The van der Waals surface area contributed by atoms with E-state index in [2.05, 4.69) is 12.6 Å². The summed E-state index contributed by atoms with van der Waals surface area (Å²) in [6.45, 7) is 3.67. The molecule has 1 saturated carbocycles. The molecule has 14 heavy (non-hydrogen) atoms. The molecule has 1 spiro atoms. The Morgan fingerprint density at radius 3 is 2.86 bits per heavy atom. The van der Waals surface area contributed by atoms with E-state index in [9.17, 15) is 4.79 Å². The molecule has 0 unspecified atom stereocenters. The minimum atomic E-state index is 0.246. The molecule has 0 bridgehead atoms. The van der Waals surface area contributed by atoms with Gasteiger partial charge in [-0.15, -0.1) is 0 Å². The Balaban J connectivity index is 1.97. The van der Waals surface area contributed by atoms with Gasteiger partial charge >= 0.3 is 0 Å². The number of thiol groups is 1. The quantitative estimate of drug-likeness (QED) is 0.660. The number of nitrogens with zero attached hydrogens (tertiary/aromatic N) is 1. The van der Waals surface area contributed by atoms with Gasteiger partial charge in [0.05, 0.1) is 0 Å². The molecule has 1 aliphatic carbocycles. The van der Waals surface area contributed by atoms with Crippen LogP contribution in [0.5, 0.6) is 0 Å². The van der Waals surface area contributed by atoms with Crippen LogP contribution in [0.25, 0.3) is 0 Å². The molecule has 2 nitrogen and oxygen atoms in total. The second-order valence-corrected chi connectivity index (χ2v) is 5.35. The van der Waals surface area contributed by atoms with Crippen molar-refractivity contribution in [2.45, 2.75) is 32.6 Å². The number of amides is 1. The average Bonchev–Trinajstić information content (AvgIpc) is 2.74. The summed E-state index contributed by atoms with van der Waals surface area (Å²) in [5.41, 5.74) is 0.471. The molecular formula is C11H19NOS. The van der Waals surface area contributed by atoms with Gasteiger partial charge in [-0.3, -0.25) is 4.79 Å². The van der Waals surface area contributed by atoms with E-state index in [1.807, 2.05) is 4.90 Å². The third kappa shape index (κ3) is 1.79. The Bertz CT molecular complexity index is 243. The zero-order valence-corrected chi connectivity index (χ0v) is 9.72. The van der Waals surface area contributed by atoms with Crippen molar-refractivity contribution in [2.24, 2.45) is 11.3 Å². The molecule has 0 aromatic rings. The molecule has 2 fully saturated rings. The molecule has 1 saturated heterocycles. The van der Waals surface area contributed by atoms with Crippen LogP contribution in [0.3, 0.4) is 0 Å². The van der Waals surface area contributed by atoms with E-state index < -0.39 is 0 Å². The van der Waals surface area contributed by atoms with E-state index in [4.69, 9.17) is 0 Å². The summed E-state index contributed by atoms with van der Waals surface area (Å²) < 4.78 is 0. The van der Waals surface area contributed by atoms with Gasteiger partial charge in [0, 0.05) is 20.0 Å². The second-order valence-electron chi connectivity index (χ2n) is 4.98. The SMILES string of the molecule is CC(=O)N1CC[C@@]2(CC[C@H](CS)C2)C1. The molecule has 2 atom stereocenters. The highest BCUT2D eigenvalue weighted by atomic mass is 32.1. The number of rotatable bonds is 1. The zero-order valence-electron chi connectivity index (χ0n) is 8.83. The monoisotopic (exact) mass is 213 g/mol. The maximum atomic E-state index is 11.2. The predicted molar refractivity (Wildman–Crippen MR) is 60.5 cm³/mol. The maximum Gasteiger partial charge on any atom is 0.219 e. The Morgan fingerprint density at radius 2 is 2.36 bits per heavy atom. The second kappa shape index (κ2) is 3.76. The number of hydrogen-bond acceptors (Lipinski definition) is 2. The highest BCUT2D eigenvalue weighted by Gasteiger charge is 2.44. The topological polar surface area (TPSA) is 20.3 Å². The molecule has 1 aliphatic heterocycles. The van der Waals surface area contributed by atoms with Gasteiger partial charge < -0.3 is 4.90 Å². The van der Waals surface area contributed by atoms with Gasteiger partial charge in [0.1, 0.15) is 0 Å². The summed E-state index contributed by atoms with van der Waals surface area (Å²) in [4.78, 5) is 13.3. The minimum Gasteiger partial charge on any atom is -0.342 e. The van der Waals surface area contributed by atoms with Gasteiger partial charge in [0.2, 0.25) is 5.91 Å². The van der Waals surface area contributed by atoms with Crippen molar-refractivity contribution in [1.82, 2.24) is 4.90 Å². The summed E-state index contributed by atoms with van der Waals surface area (Å²) in [5, 5.41) is 0. The van der Waals surface area contributed by atoms with Crippen molar-refractivity contribution in [3.8, 4) is 0 Å². The molecule has 0 aromatic carbocycles. The number of likely N-dealkylation sites (tertiary alicyclic amines) is 1. The van der Waals surface area contributed by atoms with Crippen LogP contribution in [0.2, 0.25) is 0 Å². The highest BCUT2D eigenvalue weighted by molar-refractivity contribution is 7.80. The van der Waals surface area contributed by atoms with E-state index in [1.165, 1.54) is 25.7 Å². The van der Waals surface area contributed by atoms with Crippen LogP contribution in [-0.4, -0.2) is 29.6 Å². The normalized spacial score (nSPS) is 37.0. The van der Waals surface area contributed by atoms with Gasteiger partial charge in [-0.1, -0.05) is 0 Å². The number of carbonyl (C=O) groups is 1. The lowest BCUT2D eigenvalue weighted by Gasteiger charge is -2.23. The zero-order chi connectivity index (χ0) is 10.2. The van der Waals surface area contributed by atoms with E-state index in [1.54, 1.807) is 6.92 Å². The molecule has 3 heteroatoms. The third-order valence-corrected chi connectivity index (χ3v) is 4.46. The summed E-state index contributed by atoms with van der Waals surface area (Å²) in [7, 11) is 0. The largest absolute Gasteiger partial charge is 0.342 e. The Kier molecular flexibility index (Phi) is 2.78. The predicted octanol–water partition coefficient (Wildman–Crippen LogP) is 1.95. The van der Waals surface area contributed by atoms with E-state index >= 15 is 0 Å². The van der Waals surface area contributed by atoms with Crippen LogP contribution in [0.15, 0.2) is 0 Å². The Labute approximate surface area is 91.5 Å². The lowest BCUT2D eigenvalue weighted by Crippen LogP contribution is -2.29. The van der Waals surface area contributed by atoms with Crippen molar-refractivity contribution >= 4 is 18.5 Å². The van der Waals surface area contributed by atoms with Crippen LogP contribution in [0.1, 0.15) is 32.6 Å². The fraction of sp³-hybridized carbons (Fsp3) is 0.909. The fourth-order valence-corrected chi connectivity index (χ4v) is 3.37. The lowest BCUT2D eigenvalue weighted by molar-refractivity contribution is -0.128. The molecule has 0 aromatic heterocycles. The van der Waals surface area contributed by atoms with E-state index in [0.29, 0.717) is 5.41 Å². The van der Waals surface area contributed by atoms with Crippen LogP contribution in [0, 0.1) is 11.3 Å². The highest BCUT2D eigenvalue weighted by Crippen LogP contribution is 2.48. The molecule has 2 rings (SSSR count). The summed E-state index contributed by atoms with van der Waals surface area (Å²) >= 11 is 4.37. The first kappa shape index (κ1) is 10.3. The van der Waals surface area contributed by atoms with Crippen molar-refractivity contribution < 1.29 is 4.79 Å². The molecular weight excluding hydrogens is 194 g/mol. The minimum absolute atomic E-state index is 0.246. The Hall–Kier alpha value is -0.180. The van der Waals surface area contributed by atoms with Gasteiger partial charge in [0.25, 0.3) is 0 Å². The molecule has 80 valence electrons. The van der Waals surface area contributed by atoms with Crippen molar-refractivity contribution in [3.63, 3.8) is 0 Å².